The Labute approximate surface area is 180 Å². The molecule has 1 aromatic rings. The predicted octanol–water partition coefficient (Wildman–Crippen LogP) is 7.81. The van der Waals surface area contributed by atoms with Crippen LogP contribution in [0, 0.1) is 0 Å². The van der Waals surface area contributed by atoms with E-state index in [0.29, 0.717) is 19.9 Å². The zero-order valence-electron chi connectivity index (χ0n) is 19.5. The zero-order chi connectivity index (χ0) is 21.0. The van der Waals surface area contributed by atoms with Crippen molar-refractivity contribution in [1.82, 2.24) is 0 Å². The van der Waals surface area contributed by atoms with Crippen molar-refractivity contribution in [1.29, 1.82) is 0 Å². The van der Waals surface area contributed by atoms with Crippen LogP contribution in [0.2, 0.25) is 12.6 Å². The van der Waals surface area contributed by atoms with Crippen LogP contribution in [-0.4, -0.2) is 25.7 Å². The topological polar surface area (TPSA) is 18.5 Å². The first-order chi connectivity index (χ1) is 14.2. The number of rotatable bonds is 14. The Balaban J connectivity index is 2.63. The fourth-order valence-corrected chi connectivity index (χ4v) is 4.75. The van der Waals surface area contributed by atoms with Crippen molar-refractivity contribution in [2.24, 2.45) is 0 Å². The Morgan fingerprint density at radius 1 is 0.828 bits per heavy atom. The Morgan fingerprint density at radius 3 is 1.93 bits per heavy atom. The summed E-state index contributed by atoms with van der Waals surface area (Å²) in [5.74, 6) is -0.560. The molecule has 0 amide bonds. The van der Waals surface area contributed by atoms with Crippen LogP contribution in [-0.2, 0) is 9.47 Å². The highest BCUT2D eigenvalue weighted by Gasteiger charge is 2.42. The van der Waals surface area contributed by atoms with Crippen LogP contribution in [0.5, 0.6) is 0 Å². The Kier molecular flexibility index (Phi) is 11.1. The number of allylic oxidation sites excluding steroid dienone is 1. The molecule has 29 heavy (non-hydrogen) atoms. The molecule has 1 aliphatic heterocycles. The minimum Gasteiger partial charge on any atom is -0.343 e. The average Bonchev–Trinajstić information content (AvgIpc) is 3.21. The van der Waals surface area contributed by atoms with Crippen LogP contribution in [0.1, 0.15) is 91.0 Å². The van der Waals surface area contributed by atoms with Crippen LogP contribution in [0.4, 0.5) is 0 Å². The summed E-state index contributed by atoms with van der Waals surface area (Å²) in [6.07, 6.45) is 13.3. The van der Waals surface area contributed by atoms with Gasteiger partial charge in [-0.15, -0.1) is 0 Å². The number of unbranched alkanes of at least 4 members (excludes halogenated alkanes) is 3. The van der Waals surface area contributed by atoms with E-state index in [1.54, 1.807) is 5.47 Å². The van der Waals surface area contributed by atoms with Gasteiger partial charge in [-0.25, -0.2) is 0 Å². The van der Waals surface area contributed by atoms with Crippen LogP contribution in [0.3, 0.4) is 0 Å². The Morgan fingerprint density at radius 2 is 1.41 bits per heavy atom. The van der Waals surface area contributed by atoms with E-state index < -0.39 is 5.79 Å². The van der Waals surface area contributed by atoms with E-state index in [9.17, 15) is 0 Å². The summed E-state index contributed by atoms with van der Waals surface area (Å²) in [6.45, 7) is 11.2. The van der Waals surface area contributed by atoms with Gasteiger partial charge in [0.2, 0.25) is 0 Å². The maximum absolute atomic E-state index is 6.44. The molecule has 0 radical (unpaired) electrons. The van der Waals surface area contributed by atoms with Crippen LogP contribution in [0.15, 0.2) is 35.8 Å². The lowest BCUT2D eigenvalue weighted by Gasteiger charge is -2.35. The number of hydrogen-bond donors (Lipinski definition) is 0. The highest BCUT2D eigenvalue weighted by molar-refractivity contribution is 6.68. The maximum Gasteiger partial charge on any atom is 0.194 e. The predicted molar refractivity (Wildman–Crippen MR) is 128 cm³/mol. The molecule has 2 nitrogen and oxygen atoms in total. The average molecular weight is 398 g/mol. The molecule has 3 heteroatoms. The standard InChI is InChI=1S/C26H43BO2/c1-5-9-17-24(27(19-10-6-2)20-11-7-3)25(23-15-13-12-14-16-23)26(18-8-4)28-21-22-29-26/h12-16H,5-11,17-22H2,1-4H3/b25-24+. The highest BCUT2D eigenvalue weighted by Crippen LogP contribution is 2.43. The Hall–Kier alpha value is -1.06. The molecule has 0 spiro atoms. The van der Waals surface area contributed by atoms with E-state index in [0.717, 1.165) is 19.3 Å². The number of hydrogen-bond acceptors (Lipinski definition) is 2. The molecule has 0 N–H and O–H groups in total. The van der Waals surface area contributed by atoms with Gasteiger partial charge in [0.05, 0.1) is 13.2 Å². The van der Waals surface area contributed by atoms with Gasteiger partial charge in [0.1, 0.15) is 0 Å². The highest BCUT2D eigenvalue weighted by atomic mass is 16.7. The quantitative estimate of drug-likeness (QED) is 0.298. The molecule has 0 atom stereocenters. The minimum atomic E-state index is -0.560. The number of benzene rings is 1. The fraction of sp³-hybridized carbons (Fsp3) is 0.692. The molecule has 1 heterocycles. The monoisotopic (exact) mass is 398 g/mol. The Bertz CT molecular complexity index is 582. The van der Waals surface area contributed by atoms with Crippen molar-refractivity contribution in [2.45, 2.75) is 104 Å². The molecular weight excluding hydrogens is 355 g/mol. The van der Waals surface area contributed by atoms with E-state index in [4.69, 9.17) is 9.47 Å². The molecule has 0 aliphatic carbocycles. The van der Waals surface area contributed by atoms with Crippen LogP contribution >= 0.6 is 0 Å². The van der Waals surface area contributed by atoms with Gasteiger partial charge in [0, 0.05) is 12.0 Å². The van der Waals surface area contributed by atoms with Crippen LogP contribution in [0.25, 0.3) is 5.57 Å². The molecule has 162 valence electrons. The third kappa shape index (κ3) is 6.72. The molecular formula is C26H43BO2. The molecule has 1 aromatic carbocycles. The summed E-state index contributed by atoms with van der Waals surface area (Å²) in [4.78, 5) is 0. The van der Waals surface area contributed by atoms with Crippen molar-refractivity contribution in [3.8, 4) is 0 Å². The molecule has 1 saturated heterocycles. The number of ether oxygens (including phenoxy) is 2. The summed E-state index contributed by atoms with van der Waals surface area (Å²) < 4.78 is 12.9. The van der Waals surface area contributed by atoms with Gasteiger partial charge < -0.3 is 9.47 Å². The van der Waals surface area contributed by atoms with E-state index in [1.165, 1.54) is 62.3 Å². The summed E-state index contributed by atoms with van der Waals surface area (Å²) in [5.41, 5.74) is 4.28. The first-order valence-electron chi connectivity index (χ1n) is 12.3. The van der Waals surface area contributed by atoms with Gasteiger partial charge in [-0.1, -0.05) is 121 Å². The second-order valence-electron chi connectivity index (χ2n) is 8.55. The molecule has 2 rings (SSSR count). The fourth-order valence-electron chi connectivity index (χ4n) is 4.75. The molecule has 0 saturated carbocycles. The van der Waals surface area contributed by atoms with Gasteiger partial charge in [0.15, 0.2) is 12.5 Å². The first-order valence-corrected chi connectivity index (χ1v) is 12.3. The summed E-state index contributed by atoms with van der Waals surface area (Å²) in [5, 5.41) is 0. The van der Waals surface area contributed by atoms with Crippen molar-refractivity contribution in [3.05, 3.63) is 41.4 Å². The largest absolute Gasteiger partial charge is 0.343 e. The third-order valence-corrected chi connectivity index (χ3v) is 6.20. The summed E-state index contributed by atoms with van der Waals surface area (Å²) >= 11 is 0. The second-order valence-corrected chi connectivity index (χ2v) is 8.55. The molecule has 0 unspecified atom stereocenters. The molecule has 1 aliphatic rings. The second kappa shape index (κ2) is 13.3. The lowest BCUT2D eigenvalue weighted by atomic mass is 9.37. The molecule has 1 fully saturated rings. The van der Waals surface area contributed by atoms with E-state index >= 15 is 0 Å². The normalized spacial score (nSPS) is 16.7. The van der Waals surface area contributed by atoms with Crippen LogP contribution < -0.4 is 0 Å². The van der Waals surface area contributed by atoms with Gasteiger partial charge in [-0.3, -0.25) is 0 Å². The van der Waals surface area contributed by atoms with Gasteiger partial charge in [-0.2, -0.15) is 0 Å². The van der Waals surface area contributed by atoms with Crippen molar-refractivity contribution in [2.75, 3.05) is 13.2 Å². The van der Waals surface area contributed by atoms with E-state index in [-0.39, 0.29) is 0 Å². The van der Waals surface area contributed by atoms with Gasteiger partial charge in [-0.05, 0) is 12.0 Å². The SMILES string of the molecule is CCCCB(CCCC)/C(CCCC)=C(\c1ccccc1)C1(CCC)OCCO1. The first kappa shape index (κ1) is 24.2. The summed E-state index contributed by atoms with van der Waals surface area (Å²) in [6, 6.07) is 11.0. The van der Waals surface area contributed by atoms with Crippen molar-refractivity contribution in [3.63, 3.8) is 0 Å². The van der Waals surface area contributed by atoms with Gasteiger partial charge in [0.25, 0.3) is 0 Å². The minimum absolute atomic E-state index is 0.560. The van der Waals surface area contributed by atoms with Crippen molar-refractivity contribution >= 4 is 12.3 Å². The maximum atomic E-state index is 6.44. The third-order valence-electron chi connectivity index (χ3n) is 6.20. The van der Waals surface area contributed by atoms with E-state index in [1.807, 2.05) is 0 Å². The molecule has 0 aromatic heterocycles. The van der Waals surface area contributed by atoms with E-state index in [2.05, 4.69) is 58.0 Å². The van der Waals surface area contributed by atoms with Gasteiger partial charge >= 0.3 is 0 Å². The lowest BCUT2D eigenvalue weighted by molar-refractivity contribution is -0.112. The van der Waals surface area contributed by atoms with Crippen molar-refractivity contribution < 1.29 is 9.47 Å². The smallest absolute Gasteiger partial charge is 0.194 e. The summed E-state index contributed by atoms with van der Waals surface area (Å²) in [7, 11) is 0. The lowest BCUT2D eigenvalue weighted by Crippen LogP contribution is -2.35. The zero-order valence-corrected chi connectivity index (χ0v) is 19.5. The molecule has 0 bridgehead atoms.